The molecular weight excluding hydrogens is 340 g/mol. The third kappa shape index (κ3) is 15.5. The topological polar surface area (TPSA) is 9.23 Å². The summed E-state index contributed by atoms with van der Waals surface area (Å²) in [5.41, 5.74) is 5.86. The number of hydrogen-bond acceptors (Lipinski definition) is 1. The van der Waals surface area contributed by atoms with Crippen molar-refractivity contribution in [1.82, 2.24) is 0 Å². The number of halogens is 1. The van der Waals surface area contributed by atoms with Crippen LogP contribution in [0.25, 0.3) is 0 Å². The van der Waals surface area contributed by atoms with E-state index in [0.29, 0.717) is 0 Å². The zero-order valence-corrected chi connectivity index (χ0v) is 19.0. The van der Waals surface area contributed by atoms with Gasteiger partial charge in [-0.15, -0.1) is 0 Å². The first kappa shape index (κ1) is 25.2. The third-order valence-electron chi connectivity index (χ3n) is 4.66. The lowest BCUT2D eigenvalue weighted by Gasteiger charge is -2.18. The molecule has 0 saturated heterocycles. The van der Waals surface area contributed by atoms with Crippen molar-refractivity contribution < 1.29 is 4.74 Å². The summed E-state index contributed by atoms with van der Waals surface area (Å²) < 4.78 is 5.24. The molecule has 0 saturated carbocycles. The Morgan fingerprint density at radius 2 is 1.12 bits per heavy atom. The van der Waals surface area contributed by atoms with Crippen LogP contribution in [0.3, 0.4) is 0 Å². The molecule has 0 aliphatic carbocycles. The predicted octanol–water partition coefficient (Wildman–Crippen LogP) is 8.51. The zero-order chi connectivity index (χ0) is 20.0. The molecule has 0 rings (SSSR count). The second-order valence-corrected chi connectivity index (χ2v) is 8.69. The maximum Gasteiger partial charge on any atom is 0.138 e. The average Bonchev–Trinajstić information content (AvgIpc) is 2.54. The van der Waals surface area contributed by atoms with Gasteiger partial charge in [-0.1, -0.05) is 58.2 Å². The summed E-state index contributed by atoms with van der Waals surface area (Å²) in [6.45, 7) is 13.0. The molecule has 26 heavy (non-hydrogen) atoms. The minimum atomic E-state index is -0.537. The van der Waals surface area contributed by atoms with Gasteiger partial charge in [0.05, 0.1) is 0 Å². The summed E-state index contributed by atoms with van der Waals surface area (Å²) >= 11 is 6.19. The van der Waals surface area contributed by atoms with Gasteiger partial charge in [0, 0.05) is 7.11 Å². The maximum atomic E-state index is 6.19. The predicted molar refractivity (Wildman–Crippen MR) is 119 cm³/mol. The molecule has 0 N–H and O–H groups in total. The fourth-order valence-electron chi connectivity index (χ4n) is 2.67. The molecule has 0 spiro atoms. The molecule has 0 aromatic carbocycles. The standard InChI is InChI=1S/C24H41ClO/c1-20(2)12-8-13-21(3)14-9-15-22(4)16-10-17-23(5)18-11-19-24(6,25)26-7/h12,14,16,18H,8-11,13,15,17,19H2,1-7H3. The highest BCUT2D eigenvalue weighted by Crippen LogP contribution is 2.22. The summed E-state index contributed by atoms with van der Waals surface area (Å²) in [6, 6.07) is 0. The molecule has 0 aromatic rings. The fraction of sp³-hybridized carbons (Fsp3) is 0.667. The SMILES string of the molecule is COC(C)(Cl)CCC=C(C)CCC=C(C)CCC=C(C)CCC=C(C)C. The molecule has 0 aromatic heterocycles. The second kappa shape index (κ2) is 14.3. The Morgan fingerprint density at radius 3 is 1.50 bits per heavy atom. The van der Waals surface area contributed by atoms with Gasteiger partial charge in [0.1, 0.15) is 5.06 Å². The molecular formula is C24H41ClO. The number of methoxy groups -OCH3 is 1. The highest BCUT2D eigenvalue weighted by atomic mass is 35.5. The number of ether oxygens (including phenoxy) is 1. The summed E-state index contributed by atoms with van der Waals surface area (Å²) in [5, 5.41) is -0.537. The van der Waals surface area contributed by atoms with Gasteiger partial charge in [-0.05, 0) is 92.9 Å². The molecule has 0 aliphatic rings. The van der Waals surface area contributed by atoms with Gasteiger partial charge >= 0.3 is 0 Å². The number of alkyl halides is 1. The van der Waals surface area contributed by atoms with E-state index in [4.69, 9.17) is 16.3 Å². The van der Waals surface area contributed by atoms with E-state index >= 15 is 0 Å². The van der Waals surface area contributed by atoms with E-state index in [-0.39, 0.29) is 0 Å². The number of allylic oxidation sites excluding steroid dienone is 8. The van der Waals surface area contributed by atoms with Crippen LogP contribution in [0.15, 0.2) is 46.6 Å². The van der Waals surface area contributed by atoms with Crippen LogP contribution in [-0.2, 0) is 4.74 Å². The zero-order valence-electron chi connectivity index (χ0n) is 18.3. The molecule has 0 heterocycles. The molecule has 0 amide bonds. The molecule has 0 fully saturated rings. The number of hydrogen-bond donors (Lipinski definition) is 0. The second-order valence-electron chi connectivity index (χ2n) is 7.89. The van der Waals surface area contributed by atoms with E-state index in [9.17, 15) is 0 Å². The molecule has 2 heteroatoms. The van der Waals surface area contributed by atoms with E-state index in [1.54, 1.807) is 7.11 Å². The summed E-state index contributed by atoms with van der Waals surface area (Å²) in [4.78, 5) is 0. The molecule has 0 aliphatic heterocycles. The molecule has 0 bridgehead atoms. The Hall–Kier alpha value is -0.790. The van der Waals surface area contributed by atoms with Gasteiger partial charge < -0.3 is 4.74 Å². The molecule has 1 atom stereocenters. The first-order valence-electron chi connectivity index (χ1n) is 10.0. The molecule has 1 unspecified atom stereocenters. The van der Waals surface area contributed by atoms with Crippen LogP contribution in [0, 0.1) is 0 Å². The average molecular weight is 381 g/mol. The Labute approximate surface area is 168 Å². The lowest BCUT2D eigenvalue weighted by atomic mass is 10.0. The first-order chi connectivity index (χ1) is 12.2. The van der Waals surface area contributed by atoms with Gasteiger partial charge in [-0.2, -0.15) is 0 Å². The summed E-state index contributed by atoms with van der Waals surface area (Å²) in [6.07, 6.45) is 18.1. The van der Waals surface area contributed by atoms with Crippen molar-refractivity contribution in [1.29, 1.82) is 0 Å². The van der Waals surface area contributed by atoms with Crippen molar-refractivity contribution in [2.24, 2.45) is 0 Å². The minimum absolute atomic E-state index is 0.537. The van der Waals surface area contributed by atoms with Gasteiger partial charge in [0.2, 0.25) is 0 Å². The Bertz CT molecular complexity index is 502. The molecule has 1 nitrogen and oxygen atoms in total. The maximum absolute atomic E-state index is 6.19. The van der Waals surface area contributed by atoms with Crippen LogP contribution in [0.1, 0.15) is 92.9 Å². The highest BCUT2D eigenvalue weighted by Gasteiger charge is 2.17. The van der Waals surface area contributed by atoms with Crippen LogP contribution >= 0.6 is 11.6 Å². The van der Waals surface area contributed by atoms with E-state index in [1.807, 2.05) is 6.92 Å². The highest BCUT2D eigenvalue weighted by molar-refractivity contribution is 6.22. The van der Waals surface area contributed by atoms with Gasteiger partial charge in [0.25, 0.3) is 0 Å². The van der Waals surface area contributed by atoms with Crippen molar-refractivity contribution >= 4 is 11.6 Å². The summed E-state index contributed by atoms with van der Waals surface area (Å²) in [5.74, 6) is 0. The molecule has 150 valence electrons. The van der Waals surface area contributed by atoms with Crippen LogP contribution in [0.2, 0.25) is 0 Å². The van der Waals surface area contributed by atoms with Crippen LogP contribution in [-0.4, -0.2) is 12.2 Å². The Kier molecular flexibility index (Phi) is 13.9. The van der Waals surface area contributed by atoms with Crippen LogP contribution < -0.4 is 0 Å². The van der Waals surface area contributed by atoms with Crippen molar-refractivity contribution in [2.75, 3.05) is 7.11 Å². The minimum Gasteiger partial charge on any atom is -0.363 e. The monoisotopic (exact) mass is 380 g/mol. The molecule has 0 radical (unpaired) electrons. The van der Waals surface area contributed by atoms with E-state index < -0.39 is 5.06 Å². The smallest absolute Gasteiger partial charge is 0.138 e. The number of rotatable bonds is 13. The lowest BCUT2D eigenvalue weighted by Crippen LogP contribution is -2.17. The quantitative estimate of drug-likeness (QED) is 0.230. The van der Waals surface area contributed by atoms with Gasteiger partial charge in [0.15, 0.2) is 0 Å². The Balaban J connectivity index is 4.05. The fourth-order valence-corrected chi connectivity index (χ4v) is 2.77. The van der Waals surface area contributed by atoms with Gasteiger partial charge in [-0.3, -0.25) is 0 Å². The van der Waals surface area contributed by atoms with Crippen molar-refractivity contribution in [3.63, 3.8) is 0 Å². The van der Waals surface area contributed by atoms with E-state index in [0.717, 1.165) is 32.1 Å². The Morgan fingerprint density at radius 1 is 0.731 bits per heavy atom. The lowest BCUT2D eigenvalue weighted by molar-refractivity contribution is 0.0734. The van der Waals surface area contributed by atoms with Crippen molar-refractivity contribution in [3.8, 4) is 0 Å². The van der Waals surface area contributed by atoms with E-state index in [2.05, 4.69) is 58.9 Å². The first-order valence-corrected chi connectivity index (χ1v) is 10.4. The normalized spacial score (nSPS) is 15.8. The van der Waals surface area contributed by atoms with Crippen LogP contribution in [0.5, 0.6) is 0 Å². The van der Waals surface area contributed by atoms with Gasteiger partial charge in [-0.25, -0.2) is 0 Å². The van der Waals surface area contributed by atoms with Crippen molar-refractivity contribution in [3.05, 3.63) is 46.6 Å². The van der Waals surface area contributed by atoms with E-state index in [1.165, 1.54) is 41.6 Å². The summed E-state index contributed by atoms with van der Waals surface area (Å²) in [7, 11) is 1.66. The van der Waals surface area contributed by atoms with Crippen LogP contribution in [0.4, 0.5) is 0 Å². The third-order valence-corrected chi connectivity index (χ3v) is 5.01. The van der Waals surface area contributed by atoms with Crippen molar-refractivity contribution in [2.45, 2.75) is 98.0 Å². The largest absolute Gasteiger partial charge is 0.363 e.